The summed E-state index contributed by atoms with van der Waals surface area (Å²) in [5.74, 6) is 0.226. The summed E-state index contributed by atoms with van der Waals surface area (Å²) in [6, 6.07) is 11.8. The summed E-state index contributed by atoms with van der Waals surface area (Å²) in [5.41, 5.74) is 7.77. The van der Waals surface area contributed by atoms with Crippen LogP contribution in [0.3, 0.4) is 0 Å². The van der Waals surface area contributed by atoms with Gasteiger partial charge in [0.1, 0.15) is 5.82 Å². The zero-order valence-electron chi connectivity index (χ0n) is 10.6. The van der Waals surface area contributed by atoms with Crippen molar-refractivity contribution >= 4 is 33.3 Å². The van der Waals surface area contributed by atoms with Crippen molar-refractivity contribution in [1.29, 1.82) is 0 Å². The summed E-state index contributed by atoms with van der Waals surface area (Å²) in [6.45, 7) is 0. The van der Waals surface area contributed by atoms with Gasteiger partial charge in [0, 0.05) is 10.6 Å². The highest BCUT2D eigenvalue weighted by Gasteiger charge is 2.20. The van der Waals surface area contributed by atoms with Crippen molar-refractivity contribution in [3.63, 3.8) is 0 Å². The molecule has 0 spiro atoms. The summed E-state index contributed by atoms with van der Waals surface area (Å²) >= 11 is 9.23. The third kappa shape index (κ3) is 2.54. The topological polar surface area (TPSA) is 52.0 Å². The molecule has 0 aliphatic carbocycles. The molecule has 0 unspecified atom stereocenters. The molecule has 0 saturated heterocycles. The lowest BCUT2D eigenvalue weighted by molar-refractivity contribution is 0.435. The number of aromatic nitrogens is 1. The molecule has 3 nitrogen and oxygen atoms in total. The second-order valence-corrected chi connectivity index (χ2v) is 5.61. The molecular formula is C15H9BrClFN2O. The van der Waals surface area contributed by atoms with E-state index in [1.165, 1.54) is 6.07 Å². The number of nitrogens with zero attached hydrogens (tertiary/aromatic N) is 1. The van der Waals surface area contributed by atoms with Crippen molar-refractivity contribution in [2.24, 2.45) is 0 Å². The van der Waals surface area contributed by atoms with Crippen LogP contribution in [-0.2, 0) is 0 Å². The molecule has 2 aromatic carbocycles. The Morgan fingerprint density at radius 1 is 1.19 bits per heavy atom. The van der Waals surface area contributed by atoms with Gasteiger partial charge in [0.15, 0.2) is 11.6 Å². The van der Waals surface area contributed by atoms with Crippen LogP contribution in [0.25, 0.3) is 22.5 Å². The van der Waals surface area contributed by atoms with E-state index in [9.17, 15) is 4.39 Å². The monoisotopic (exact) mass is 366 g/mol. The minimum absolute atomic E-state index is 0.225. The number of nitrogen functional groups attached to an aromatic ring is 1. The molecular weight excluding hydrogens is 359 g/mol. The fraction of sp³-hybridized carbons (Fsp3) is 0. The molecule has 0 aliphatic heterocycles. The van der Waals surface area contributed by atoms with Crippen LogP contribution in [0.5, 0.6) is 0 Å². The van der Waals surface area contributed by atoms with E-state index < -0.39 is 0 Å². The Bertz CT molecular complexity index is 819. The molecule has 0 fully saturated rings. The van der Waals surface area contributed by atoms with Gasteiger partial charge < -0.3 is 10.3 Å². The number of benzene rings is 2. The summed E-state index contributed by atoms with van der Waals surface area (Å²) in [4.78, 5) is 0. The van der Waals surface area contributed by atoms with Crippen molar-refractivity contribution in [2.75, 3.05) is 5.73 Å². The van der Waals surface area contributed by atoms with Crippen molar-refractivity contribution in [1.82, 2.24) is 5.16 Å². The Morgan fingerprint density at radius 3 is 2.71 bits per heavy atom. The molecule has 3 rings (SSSR count). The normalized spacial score (nSPS) is 10.8. The molecule has 21 heavy (non-hydrogen) atoms. The second kappa shape index (κ2) is 5.50. The highest BCUT2D eigenvalue weighted by molar-refractivity contribution is 9.10. The number of rotatable bonds is 2. The average molecular weight is 368 g/mol. The van der Waals surface area contributed by atoms with Gasteiger partial charge in [-0.05, 0) is 45.8 Å². The standard InChI is InChI=1S/C15H9BrClFN2O/c16-13-10(5-2-6-11(13)18)14-12(15(19)20-21-14)8-3-1-4-9(17)7-8/h1-7H,(H2,19,20). The zero-order valence-corrected chi connectivity index (χ0v) is 13.0. The van der Waals surface area contributed by atoms with Gasteiger partial charge in [0.25, 0.3) is 0 Å². The van der Waals surface area contributed by atoms with Gasteiger partial charge in [0.2, 0.25) is 0 Å². The van der Waals surface area contributed by atoms with E-state index in [1.54, 1.807) is 30.3 Å². The minimum Gasteiger partial charge on any atom is -0.380 e. The van der Waals surface area contributed by atoms with Gasteiger partial charge in [-0.15, -0.1) is 0 Å². The van der Waals surface area contributed by atoms with Crippen LogP contribution in [0.4, 0.5) is 10.2 Å². The van der Waals surface area contributed by atoms with E-state index >= 15 is 0 Å². The van der Waals surface area contributed by atoms with Crippen LogP contribution in [0, 0.1) is 5.82 Å². The summed E-state index contributed by atoms with van der Waals surface area (Å²) in [7, 11) is 0. The predicted octanol–water partition coefficient (Wildman–Crippen LogP) is 5.15. The van der Waals surface area contributed by atoms with Crippen molar-refractivity contribution < 1.29 is 8.91 Å². The Morgan fingerprint density at radius 2 is 1.95 bits per heavy atom. The number of anilines is 1. The van der Waals surface area contributed by atoms with Crippen molar-refractivity contribution in [2.45, 2.75) is 0 Å². The van der Waals surface area contributed by atoms with E-state index in [1.807, 2.05) is 6.07 Å². The SMILES string of the molecule is Nc1noc(-c2cccc(F)c2Br)c1-c1cccc(Cl)c1. The highest BCUT2D eigenvalue weighted by Crippen LogP contribution is 2.40. The van der Waals surface area contributed by atoms with Gasteiger partial charge in [-0.25, -0.2) is 4.39 Å². The van der Waals surface area contributed by atoms with E-state index in [4.69, 9.17) is 21.9 Å². The first kappa shape index (κ1) is 14.1. The molecule has 1 heterocycles. The van der Waals surface area contributed by atoms with E-state index in [2.05, 4.69) is 21.1 Å². The maximum Gasteiger partial charge on any atom is 0.178 e. The molecule has 0 bridgehead atoms. The quantitative estimate of drug-likeness (QED) is 0.682. The maximum atomic E-state index is 13.7. The third-order valence-corrected chi connectivity index (χ3v) is 4.07. The minimum atomic E-state index is -0.389. The molecule has 0 amide bonds. The predicted molar refractivity (Wildman–Crippen MR) is 84.5 cm³/mol. The lowest BCUT2D eigenvalue weighted by atomic mass is 10.0. The largest absolute Gasteiger partial charge is 0.380 e. The molecule has 1 aromatic heterocycles. The molecule has 0 atom stereocenters. The Kier molecular flexibility index (Phi) is 3.69. The molecule has 2 N–H and O–H groups in total. The third-order valence-electron chi connectivity index (χ3n) is 3.03. The number of hydrogen-bond acceptors (Lipinski definition) is 3. The highest BCUT2D eigenvalue weighted by atomic mass is 79.9. The number of nitrogens with two attached hydrogens (primary N) is 1. The van der Waals surface area contributed by atoms with Gasteiger partial charge in [-0.3, -0.25) is 0 Å². The second-order valence-electron chi connectivity index (χ2n) is 4.38. The van der Waals surface area contributed by atoms with E-state index in [0.717, 1.165) is 5.56 Å². The fourth-order valence-corrected chi connectivity index (χ4v) is 2.72. The summed E-state index contributed by atoms with van der Waals surface area (Å²) in [6.07, 6.45) is 0. The van der Waals surface area contributed by atoms with E-state index in [-0.39, 0.29) is 11.6 Å². The molecule has 0 aliphatic rings. The van der Waals surface area contributed by atoms with Crippen LogP contribution in [0.15, 0.2) is 51.5 Å². The zero-order chi connectivity index (χ0) is 15.0. The Balaban J connectivity index is 2.24. The summed E-state index contributed by atoms with van der Waals surface area (Å²) in [5, 5.41) is 4.35. The first-order valence-corrected chi connectivity index (χ1v) is 7.20. The summed E-state index contributed by atoms with van der Waals surface area (Å²) < 4.78 is 19.3. The lowest BCUT2D eigenvalue weighted by Crippen LogP contribution is -1.90. The number of halogens is 3. The van der Waals surface area contributed by atoms with Crippen molar-refractivity contribution in [3.05, 3.63) is 57.8 Å². The first-order chi connectivity index (χ1) is 10.1. The molecule has 6 heteroatoms. The smallest absolute Gasteiger partial charge is 0.178 e. The van der Waals surface area contributed by atoms with Gasteiger partial charge in [-0.2, -0.15) is 0 Å². The van der Waals surface area contributed by atoms with Crippen LogP contribution < -0.4 is 5.73 Å². The fourth-order valence-electron chi connectivity index (χ4n) is 2.09. The lowest BCUT2D eigenvalue weighted by Gasteiger charge is -2.05. The van der Waals surface area contributed by atoms with E-state index in [0.29, 0.717) is 26.4 Å². The van der Waals surface area contributed by atoms with Gasteiger partial charge in [0.05, 0.1) is 10.0 Å². The average Bonchev–Trinajstić information content (AvgIpc) is 2.83. The van der Waals surface area contributed by atoms with Crippen LogP contribution in [-0.4, -0.2) is 5.16 Å². The molecule has 106 valence electrons. The maximum absolute atomic E-state index is 13.7. The van der Waals surface area contributed by atoms with Crippen LogP contribution in [0.2, 0.25) is 5.02 Å². The Hall–Kier alpha value is -1.85. The van der Waals surface area contributed by atoms with Crippen molar-refractivity contribution in [3.8, 4) is 22.5 Å². The van der Waals surface area contributed by atoms with Crippen LogP contribution >= 0.6 is 27.5 Å². The molecule has 0 saturated carbocycles. The van der Waals surface area contributed by atoms with Gasteiger partial charge >= 0.3 is 0 Å². The molecule has 3 aromatic rings. The first-order valence-electron chi connectivity index (χ1n) is 6.03. The van der Waals surface area contributed by atoms with Gasteiger partial charge in [-0.1, -0.05) is 35.0 Å². The van der Waals surface area contributed by atoms with Crippen LogP contribution in [0.1, 0.15) is 0 Å². The number of hydrogen-bond donors (Lipinski definition) is 1. The molecule has 0 radical (unpaired) electrons. The Labute approximate surface area is 133 Å².